The Morgan fingerprint density at radius 1 is 1.00 bits per heavy atom. The first-order valence-electron chi connectivity index (χ1n) is 14.2. The molecule has 11 heteroatoms. The van der Waals surface area contributed by atoms with Crippen molar-refractivity contribution >= 4 is 45.5 Å². The summed E-state index contributed by atoms with van der Waals surface area (Å²) in [7, 11) is -4.89. The van der Waals surface area contributed by atoms with Crippen LogP contribution in [0.15, 0.2) is 34.7 Å². The molecule has 2 atom stereocenters. The third-order valence-electron chi connectivity index (χ3n) is 9.17. The van der Waals surface area contributed by atoms with Gasteiger partial charge in [-0.3, -0.25) is 0 Å². The van der Waals surface area contributed by atoms with Crippen molar-refractivity contribution in [2.45, 2.75) is 96.7 Å². The van der Waals surface area contributed by atoms with Crippen LogP contribution in [0.25, 0.3) is 11.5 Å². The molecule has 1 heterocycles. The number of hydrogen-bond donors (Lipinski definition) is 3. The molecule has 0 aliphatic rings. The molecule has 7 nitrogen and oxygen atoms in total. The Balaban J connectivity index is 1.99. The summed E-state index contributed by atoms with van der Waals surface area (Å²) in [4.78, 5) is 21.7. The van der Waals surface area contributed by atoms with E-state index in [0.29, 0.717) is 45.8 Å². The lowest BCUT2D eigenvalue weighted by molar-refractivity contribution is 0.330. The lowest BCUT2D eigenvalue weighted by Crippen LogP contribution is -2.41. The molecule has 0 aliphatic carbocycles. The van der Waals surface area contributed by atoms with Crippen LogP contribution >= 0.6 is 23.2 Å². The molecule has 0 saturated heterocycles. The van der Waals surface area contributed by atoms with E-state index < -0.39 is 22.7 Å². The lowest BCUT2D eigenvalue weighted by Gasteiger charge is -2.38. The number of nitrogens with zero attached hydrogens (tertiary/aromatic N) is 3. The van der Waals surface area contributed by atoms with Crippen LogP contribution in [0.5, 0.6) is 0 Å². The minimum atomic E-state index is -2.49. The van der Waals surface area contributed by atoms with Gasteiger partial charge in [0.05, 0.1) is 10.6 Å². The molecule has 0 radical (unpaired) electrons. The second-order valence-electron chi connectivity index (χ2n) is 13.8. The molecule has 0 saturated carbocycles. The third-order valence-corrected chi connectivity index (χ3v) is 17.0. The summed E-state index contributed by atoms with van der Waals surface area (Å²) in [6, 6.07) is 11.0. The van der Waals surface area contributed by atoms with E-state index in [1.54, 1.807) is 6.07 Å². The molecule has 1 aromatic heterocycles. The molecule has 3 aromatic rings. The Bertz CT molecular complexity index is 1470. The Hall–Kier alpha value is -2.20. The van der Waals surface area contributed by atoms with Gasteiger partial charge in [0, 0.05) is 16.3 Å². The Labute approximate surface area is 262 Å². The molecule has 0 unspecified atom stereocenters. The van der Waals surface area contributed by atoms with Crippen molar-refractivity contribution in [2.24, 2.45) is 5.92 Å². The number of halogens is 2. The lowest BCUT2D eigenvalue weighted by atomic mass is 9.90. The highest BCUT2D eigenvalue weighted by Gasteiger charge is 2.41. The third kappa shape index (κ3) is 7.47. The van der Waals surface area contributed by atoms with Gasteiger partial charge in [0.2, 0.25) is 11.8 Å². The number of aromatic nitrogens is 2. The van der Waals surface area contributed by atoms with Gasteiger partial charge in [0.15, 0.2) is 16.6 Å². The van der Waals surface area contributed by atoms with E-state index in [-0.39, 0.29) is 16.0 Å². The van der Waals surface area contributed by atoms with E-state index in [1.807, 2.05) is 57.4 Å². The highest BCUT2D eigenvalue weighted by atomic mass is 35.5. The predicted octanol–water partition coefficient (Wildman–Crippen LogP) is 8.90. The van der Waals surface area contributed by atoms with Crippen molar-refractivity contribution in [3.63, 3.8) is 0 Å². The number of nitrogens with one attached hydrogen (secondary N) is 1. The molecule has 2 aromatic carbocycles. The highest BCUT2D eigenvalue weighted by molar-refractivity contribution is 6.73. The average Bonchev–Trinajstić information content (AvgIpc) is 3.34. The van der Waals surface area contributed by atoms with E-state index >= 15 is 0 Å². The Kier molecular flexibility index (Phi) is 10.1. The summed E-state index contributed by atoms with van der Waals surface area (Å²) in [5, 5.41) is 22.2. The zero-order valence-electron chi connectivity index (χ0n) is 26.4. The van der Waals surface area contributed by atoms with E-state index in [4.69, 9.17) is 27.6 Å². The fourth-order valence-electron chi connectivity index (χ4n) is 4.71. The Morgan fingerprint density at radius 2 is 1.62 bits per heavy atom. The van der Waals surface area contributed by atoms with Gasteiger partial charge < -0.3 is 19.3 Å². The van der Waals surface area contributed by atoms with Gasteiger partial charge in [-0.1, -0.05) is 63.9 Å². The predicted molar refractivity (Wildman–Crippen MR) is 177 cm³/mol. The standard InChI is InChI=1S/C31H44Cl2N4O3Si2/c1-19(16-30(3,4)41(7,8)38)27(35-25-14-13-23(18-34)26(33)20(25)2)29-37-36-28(40-29)21-11-12-22(24(32)15-21)17-31(5,6)42(9,10)39/h11-15,19,27,35,38-39H,16-17H2,1-10H3/t19-,27-/m1/s1. The SMILES string of the molecule is Cc1c(N[C@@H](c2nnc(-c3ccc(CC(C)(C)[Si](C)(C)O)c(Cl)c3)o2)[C@H](C)CC(C)(C)[Si](C)(C)O)ccc(C#N)c1Cl. The summed E-state index contributed by atoms with van der Waals surface area (Å²) in [5.41, 5.74) is 3.59. The zero-order valence-corrected chi connectivity index (χ0v) is 29.9. The van der Waals surface area contributed by atoms with Gasteiger partial charge >= 0.3 is 0 Å². The maximum absolute atomic E-state index is 11.0. The van der Waals surface area contributed by atoms with E-state index in [0.717, 1.165) is 16.8 Å². The van der Waals surface area contributed by atoms with Crippen LogP contribution in [0.3, 0.4) is 0 Å². The minimum absolute atomic E-state index is 0.0137. The number of anilines is 1. The number of benzene rings is 2. The first kappa shape index (κ1) is 34.3. The molecule has 42 heavy (non-hydrogen) atoms. The number of nitriles is 1. The normalized spacial score (nSPS) is 14.4. The summed E-state index contributed by atoms with van der Waals surface area (Å²) in [5.74, 6) is 0.736. The summed E-state index contributed by atoms with van der Waals surface area (Å²) in [6.45, 7) is 20.1. The van der Waals surface area contributed by atoms with Crippen molar-refractivity contribution in [3.05, 3.63) is 63.0 Å². The average molecular weight is 648 g/mol. The summed E-state index contributed by atoms with van der Waals surface area (Å²) in [6.07, 6.45) is 1.37. The van der Waals surface area contributed by atoms with Crippen LogP contribution in [0.1, 0.15) is 69.7 Å². The fourth-order valence-corrected chi connectivity index (χ4v) is 6.61. The summed E-state index contributed by atoms with van der Waals surface area (Å²) < 4.78 is 6.28. The fraction of sp³-hybridized carbons (Fsp3) is 0.516. The van der Waals surface area contributed by atoms with Crippen molar-refractivity contribution in [1.82, 2.24) is 10.2 Å². The zero-order chi connectivity index (χ0) is 31.8. The number of hydrogen-bond acceptors (Lipinski definition) is 7. The molecule has 0 bridgehead atoms. The van der Waals surface area contributed by atoms with Crippen LogP contribution in [-0.2, 0) is 6.42 Å². The molecule has 3 rings (SSSR count). The smallest absolute Gasteiger partial charge is 0.247 e. The van der Waals surface area contributed by atoms with Crippen LogP contribution in [0, 0.1) is 24.2 Å². The van der Waals surface area contributed by atoms with Crippen molar-refractivity contribution in [2.75, 3.05) is 5.32 Å². The molecular weight excluding hydrogens is 603 g/mol. The number of rotatable bonds is 11. The van der Waals surface area contributed by atoms with Gasteiger partial charge in [0.25, 0.3) is 0 Å². The minimum Gasteiger partial charge on any atom is -0.432 e. The maximum Gasteiger partial charge on any atom is 0.247 e. The van der Waals surface area contributed by atoms with Crippen molar-refractivity contribution in [3.8, 4) is 17.5 Å². The largest absolute Gasteiger partial charge is 0.432 e. The maximum atomic E-state index is 11.0. The van der Waals surface area contributed by atoms with Crippen molar-refractivity contribution < 1.29 is 14.0 Å². The van der Waals surface area contributed by atoms with Crippen molar-refractivity contribution in [1.29, 1.82) is 5.26 Å². The van der Waals surface area contributed by atoms with Gasteiger partial charge in [-0.15, -0.1) is 10.2 Å². The molecule has 0 spiro atoms. The van der Waals surface area contributed by atoms with Gasteiger partial charge in [-0.2, -0.15) is 5.26 Å². The second kappa shape index (κ2) is 12.4. The van der Waals surface area contributed by atoms with Gasteiger partial charge in [-0.25, -0.2) is 0 Å². The first-order valence-corrected chi connectivity index (χ1v) is 20.9. The molecule has 0 fully saturated rings. The molecule has 228 valence electrons. The van der Waals surface area contributed by atoms with Gasteiger partial charge in [0.1, 0.15) is 12.1 Å². The van der Waals surface area contributed by atoms with Crippen LogP contribution in [0.4, 0.5) is 5.69 Å². The molecule has 0 amide bonds. The molecular formula is C31H44Cl2N4O3Si2. The first-order chi connectivity index (χ1) is 19.2. The van der Waals surface area contributed by atoms with E-state index in [1.165, 1.54) is 0 Å². The molecule has 3 N–H and O–H groups in total. The molecule has 0 aliphatic heterocycles. The van der Waals surface area contributed by atoms with Crippen LogP contribution in [-0.4, -0.2) is 36.4 Å². The highest BCUT2D eigenvalue weighted by Crippen LogP contribution is 2.45. The van der Waals surface area contributed by atoms with Crippen LogP contribution < -0.4 is 5.32 Å². The van der Waals surface area contributed by atoms with E-state index in [9.17, 15) is 14.9 Å². The Morgan fingerprint density at radius 3 is 2.17 bits per heavy atom. The topological polar surface area (TPSA) is 115 Å². The monoisotopic (exact) mass is 646 g/mol. The van der Waals surface area contributed by atoms with E-state index in [2.05, 4.69) is 56.2 Å². The second-order valence-corrected chi connectivity index (χ2v) is 23.6. The van der Waals surface area contributed by atoms with Gasteiger partial charge in [-0.05, 0) is 97.3 Å². The van der Waals surface area contributed by atoms with Crippen LogP contribution in [0.2, 0.25) is 46.3 Å². The quantitative estimate of drug-likeness (QED) is 0.178. The summed E-state index contributed by atoms with van der Waals surface area (Å²) >= 11 is 13.2.